The Morgan fingerprint density at radius 3 is 2.47 bits per heavy atom. The molecule has 0 aliphatic carbocycles. The van der Waals surface area contributed by atoms with Gasteiger partial charge in [-0.1, -0.05) is 0 Å². The van der Waals surface area contributed by atoms with Gasteiger partial charge in [0.25, 0.3) is 0 Å². The third-order valence-corrected chi connectivity index (χ3v) is 3.64. The van der Waals surface area contributed by atoms with E-state index in [2.05, 4.69) is 27.9 Å². The summed E-state index contributed by atoms with van der Waals surface area (Å²) in [4.78, 5) is 13.8. The maximum Gasteiger partial charge on any atom is 0.321 e. The number of nitrogens with one attached hydrogen (secondary N) is 1. The van der Waals surface area contributed by atoms with E-state index in [0.717, 1.165) is 35.2 Å². The number of carbonyl (C=O) groups is 1. The van der Waals surface area contributed by atoms with E-state index in [1.807, 2.05) is 29.2 Å². The van der Waals surface area contributed by atoms with Gasteiger partial charge in [-0.25, -0.2) is 4.79 Å². The average Bonchev–Trinajstić information content (AvgIpc) is 2.33. The van der Waals surface area contributed by atoms with Crippen molar-refractivity contribution < 1.29 is 4.79 Å². The minimum Gasteiger partial charge on any atom is -0.328 e. The predicted octanol–water partition coefficient (Wildman–Crippen LogP) is 2.25. The van der Waals surface area contributed by atoms with Crippen LogP contribution in [-0.2, 0) is 0 Å². The fourth-order valence-electron chi connectivity index (χ4n) is 1.84. The first-order valence-electron chi connectivity index (χ1n) is 5.72. The predicted molar refractivity (Wildman–Crippen MR) is 77.0 cm³/mol. The maximum atomic E-state index is 11.9. The molecule has 0 unspecified atom stereocenters. The second kappa shape index (κ2) is 5.68. The molecule has 0 saturated carbocycles. The van der Waals surface area contributed by atoms with Crippen molar-refractivity contribution in [1.29, 1.82) is 0 Å². The normalized spacial score (nSPS) is 16.9. The highest BCUT2D eigenvalue weighted by atomic mass is 127. The molecule has 4 nitrogen and oxygen atoms in total. The molecule has 17 heavy (non-hydrogen) atoms. The SMILES string of the molecule is NC1CCN(C(=O)Nc2ccc(I)cc2)CC1. The monoisotopic (exact) mass is 345 g/mol. The van der Waals surface area contributed by atoms with E-state index in [-0.39, 0.29) is 12.1 Å². The Balaban J connectivity index is 1.90. The zero-order valence-corrected chi connectivity index (χ0v) is 11.7. The highest BCUT2D eigenvalue weighted by Gasteiger charge is 2.20. The first-order valence-corrected chi connectivity index (χ1v) is 6.80. The number of halogens is 1. The summed E-state index contributed by atoms with van der Waals surface area (Å²) in [6.45, 7) is 1.49. The summed E-state index contributed by atoms with van der Waals surface area (Å²) >= 11 is 2.24. The molecule has 2 rings (SSSR count). The topological polar surface area (TPSA) is 58.4 Å². The molecule has 0 atom stereocenters. The molecule has 0 radical (unpaired) electrons. The standard InChI is InChI=1S/C12H16IN3O/c13-9-1-3-11(4-2-9)15-12(17)16-7-5-10(14)6-8-16/h1-4,10H,5-8,14H2,(H,15,17). The van der Waals surface area contributed by atoms with Crippen molar-refractivity contribution >= 4 is 34.3 Å². The lowest BCUT2D eigenvalue weighted by molar-refractivity contribution is 0.195. The molecule has 1 aromatic carbocycles. The Kier molecular flexibility index (Phi) is 4.22. The van der Waals surface area contributed by atoms with Crippen molar-refractivity contribution in [3.8, 4) is 0 Å². The number of nitrogens with zero attached hydrogens (tertiary/aromatic N) is 1. The van der Waals surface area contributed by atoms with Crippen molar-refractivity contribution in [2.75, 3.05) is 18.4 Å². The molecule has 3 N–H and O–H groups in total. The number of piperidine rings is 1. The van der Waals surface area contributed by atoms with Gasteiger partial charge in [0.1, 0.15) is 0 Å². The number of nitrogens with two attached hydrogens (primary N) is 1. The van der Waals surface area contributed by atoms with Crippen LogP contribution in [0.3, 0.4) is 0 Å². The molecular formula is C12H16IN3O. The van der Waals surface area contributed by atoms with Crippen LogP contribution in [0.4, 0.5) is 10.5 Å². The third-order valence-electron chi connectivity index (χ3n) is 2.92. The molecule has 1 fully saturated rings. The van der Waals surface area contributed by atoms with Crippen LogP contribution in [0.5, 0.6) is 0 Å². The van der Waals surface area contributed by atoms with Crippen molar-refractivity contribution in [2.45, 2.75) is 18.9 Å². The molecule has 5 heteroatoms. The quantitative estimate of drug-likeness (QED) is 0.767. The summed E-state index contributed by atoms with van der Waals surface area (Å²) in [5.74, 6) is 0. The smallest absolute Gasteiger partial charge is 0.321 e. The summed E-state index contributed by atoms with van der Waals surface area (Å²) in [6.07, 6.45) is 1.78. The molecule has 1 heterocycles. The van der Waals surface area contributed by atoms with Gasteiger partial charge in [0.15, 0.2) is 0 Å². The molecule has 0 bridgehead atoms. The largest absolute Gasteiger partial charge is 0.328 e. The summed E-state index contributed by atoms with van der Waals surface area (Å²) in [6, 6.07) is 7.99. The van der Waals surface area contributed by atoms with Gasteiger partial charge in [0.2, 0.25) is 0 Å². The summed E-state index contributed by atoms with van der Waals surface area (Å²) in [5, 5.41) is 2.90. The maximum absolute atomic E-state index is 11.9. The lowest BCUT2D eigenvalue weighted by Crippen LogP contribution is -2.44. The van der Waals surface area contributed by atoms with Crippen LogP contribution in [0.15, 0.2) is 24.3 Å². The van der Waals surface area contributed by atoms with Gasteiger partial charge in [-0.2, -0.15) is 0 Å². The lowest BCUT2D eigenvalue weighted by Gasteiger charge is -2.30. The van der Waals surface area contributed by atoms with E-state index in [0.29, 0.717) is 0 Å². The second-order valence-corrected chi connectivity index (χ2v) is 5.51. The number of hydrogen-bond acceptors (Lipinski definition) is 2. The third kappa shape index (κ3) is 3.57. The van der Waals surface area contributed by atoms with Gasteiger partial charge in [0.05, 0.1) is 0 Å². The van der Waals surface area contributed by atoms with Crippen LogP contribution in [0.2, 0.25) is 0 Å². The molecule has 0 spiro atoms. The molecule has 1 aliphatic rings. The number of urea groups is 1. The number of amides is 2. The first kappa shape index (κ1) is 12.6. The van der Waals surface area contributed by atoms with E-state index >= 15 is 0 Å². The Labute approximate surface area is 115 Å². The summed E-state index contributed by atoms with van der Waals surface area (Å²) in [7, 11) is 0. The van der Waals surface area contributed by atoms with Crippen molar-refractivity contribution in [1.82, 2.24) is 4.90 Å². The van der Waals surface area contributed by atoms with Crippen LogP contribution in [0.25, 0.3) is 0 Å². The highest BCUT2D eigenvalue weighted by molar-refractivity contribution is 14.1. The van der Waals surface area contributed by atoms with Crippen molar-refractivity contribution in [3.05, 3.63) is 27.8 Å². The van der Waals surface area contributed by atoms with Crippen LogP contribution in [-0.4, -0.2) is 30.1 Å². The molecular weight excluding hydrogens is 329 g/mol. The Hall–Kier alpha value is -0.820. The molecule has 2 amide bonds. The number of benzene rings is 1. The van der Waals surface area contributed by atoms with Gasteiger partial charge < -0.3 is 16.0 Å². The second-order valence-electron chi connectivity index (χ2n) is 4.26. The summed E-state index contributed by atoms with van der Waals surface area (Å²) in [5.41, 5.74) is 6.65. The zero-order valence-electron chi connectivity index (χ0n) is 9.53. The van der Waals surface area contributed by atoms with Crippen molar-refractivity contribution in [2.24, 2.45) is 5.73 Å². The van der Waals surface area contributed by atoms with E-state index in [9.17, 15) is 4.79 Å². The van der Waals surface area contributed by atoms with Gasteiger partial charge in [-0.3, -0.25) is 0 Å². The molecule has 1 aliphatic heterocycles. The van der Waals surface area contributed by atoms with Gasteiger partial charge >= 0.3 is 6.03 Å². The van der Waals surface area contributed by atoms with Gasteiger partial charge in [0, 0.05) is 28.4 Å². The Bertz CT molecular complexity index is 385. The van der Waals surface area contributed by atoms with Crippen molar-refractivity contribution in [3.63, 3.8) is 0 Å². The van der Waals surface area contributed by atoms with Crippen LogP contribution in [0.1, 0.15) is 12.8 Å². The fourth-order valence-corrected chi connectivity index (χ4v) is 2.20. The Morgan fingerprint density at radius 1 is 1.29 bits per heavy atom. The molecule has 92 valence electrons. The van der Waals surface area contributed by atoms with Crippen LogP contribution in [0, 0.1) is 3.57 Å². The number of rotatable bonds is 1. The summed E-state index contributed by atoms with van der Waals surface area (Å²) < 4.78 is 1.16. The Morgan fingerprint density at radius 2 is 1.88 bits per heavy atom. The fraction of sp³-hybridized carbons (Fsp3) is 0.417. The number of likely N-dealkylation sites (tertiary alicyclic amines) is 1. The molecule has 1 saturated heterocycles. The molecule has 1 aromatic rings. The minimum absolute atomic E-state index is 0.0295. The van der Waals surface area contributed by atoms with Gasteiger partial charge in [-0.15, -0.1) is 0 Å². The lowest BCUT2D eigenvalue weighted by atomic mass is 10.1. The number of carbonyl (C=O) groups excluding carboxylic acids is 1. The van der Waals surface area contributed by atoms with E-state index < -0.39 is 0 Å². The molecule has 0 aromatic heterocycles. The number of anilines is 1. The minimum atomic E-state index is -0.0295. The van der Waals surface area contributed by atoms with Crippen LogP contribution >= 0.6 is 22.6 Å². The highest BCUT2D eigenvalue weighted by Crippen LogP contribution is 2.14. The van der Waals surface area contributed by atoms with E-state index in [1.165, 1.54) is 0 Å². The number of hydrogen-bond donors (Lipinski definition) is 2. The van der Waals surface area contributed by atoms with E-state index in [4.69, 9.17) is 5.73 Å². The zero-order chi connectivity index (χ0) is 12.3. The van der Waals surface area contributed by atoms with Crippen LogP contribution < -0.4 is 11.1 Å². The van der Waals surface area contributed by atoms with E-state index in [1.54, 1.807) is 0 Å². The average molecular weight is 345 g/mol. The first-order chi connectivity index (χ1) is 8.15. The van der Waals surface area contributed by atoms with Gasteiger partial charge in [-0.05, 0) is 59.7 Å².